The van der Waals surface area contributed by atoms with Crippen LogP contribution in [0.4, 0.5) is 0 Å². The van der Waals surface area contributed by atoms with Gasteiger partial charge in [0.25, 0.3) is 0 Å². The fraction of sp³-hybridized carbons (Fsp3) is 0.923. The molecule has 2 aliphatic rings. The first-order valence-electron chi connectivity index (χ1n) is 7.18. The summed E-state index contributed by atoms with van der Waals surface area (Å²) in [5.41, 5.74) is 2.20. The highest BCUT2D eigenvalue weighted by molar-refractivity contribution is 5.75. The molecule has 0 bridgehead atoms. The number of nitrogens with two attached hydrogens (primary N) is 1. The molecule has 5 nitrogen and oxygen atoms in total. The van der Waals surface area contributed by atoms with Crippen LogP contribution in [0.15, 0.2) is 0 Å². The summed E-state index contributed by atoms with van der Waals surface area (Å²) in [6.45, 7) is 7.12. The molecule has 2 saturated heterocycles. The standard InChI is InChI=1S/C13H26N4O/c1-11(4-5-13(18)15-14)17-9-6-12(10-17)16-7-2-3-8-16/h11-12H,2-10,14H2,1H3,(H,15,18). The van der Waals surface area contributed by atoms with Gasteiger partial charge in [-0.25, -0.2) is 5.84 Å². The lowest BCUT2D eigenvalue weighted by Gasteiger charge is -2.27. The van der Waals surface area contributed by atoms with E-state index in [1.807, 2.05) is 0 Å². The quantitative estimate of drug-likeness (QED) is 0.421. The van der Waals surface area contributed by atoms with Gasteiger partial charge in [0.05, 0.1) is 0 Å². The maximum absolute atomic E-state index is 11.1. The first-order chi connectivity index (χ1) is 8.70. The van der Waals surface area contributed by atoms with Gasteiger partial charge < -0.3 is 0 Å². The molecule has 3 N–H and O–H groups in total. The average molecular weight is 254 g/mol. The second-order valence-electron chi connectivity index (χ2n) is 5.64. The number of nitrogens with zero attached hydrogens (tertiary/aromatic N) is 2. The van der Waals surface area contributed by atoms with Gasteiger partial charge in [0.15, 0.2) is 0 Å². The van der Waals surface area contributed by atoms with Crippen LogP contribution in [-0.2, 0) is 4.79 Å². The number of carbonyl (C=O) groups excluding carboxylic acids is 1. The van der Waals surface area contributed by atoms with Crippen LogP contribution in [0.3, 0.4) is 0 Å². The molecule has 0 aromatic rings. The summed E-state index contributed by atoms with van der Waals surface area (Å²) in [4.78, 5) is 16.3. The van der Waals surface area contributed by atoms with Crippen molar-refractivity contribution in [1.82, 2.24) is 15.2 Å². The number of carbonyl (C=O) groups is 1. The lowest BCUT2D eigenvalue weighted by Crippen LogP contribution is -2.38. The Balaban J connectivity index is 1.72. The summed E-state index contributed by atoms with van der Waals surface area (Å²) in [5, 5.41) is 0. The largest absolute Gasteiger partial charge is 0.299 e. The van der Waals surface area contributed by atoms with Crippen molar-refractivity contribution in [2.75, 3.05) is 26.2 Å². The molecular weight excluding hydrogens is 228 g/mol. The Morgan fingerprint density at radius 3 is 2.78 bits per heavy atom. The number of nitrogens with one attached hydrogen (secondary N) is 1. The van der Waals surface area contributed by atoms with E-state index < -0.39 is 0 Å². The van der Waals surface area contributed by atoms with Crippen molar-refractivity contribution in [1.29, 1.82) is 0 Å². The summed E-state index contributed by atoms with van der Waals surface area (Å²) >= 11 is 0. The van der Waals surface area contributed by atoms with E-state index >= 15 is 0 Å². The Hall–Kier alpha value is -0.650. The van der Waals surface area contributed by atoms with Crippen LogP contribution in [0.5, 0.6) is 0 Å². The summed E-state index contributed by atoms with van der Waals surface area (Å²) < 4.78 is 0. The Morgan fingerprint density at radius 1 is 1.39 bits per heavy atom. The van der Waals surface area contributed by atoms with Gasteiger partial charge in [-0.2, -0.15) is 0 Å². The first-order valence-corrected chi connectivity index (χ1v) is 7.18. The number of rotatable bonds is 5. The SMILES string of the molecule is CC(CCC(=O)NN)N1CCC(N2CCCC2)C1. The maximum atomic E-state index is 11.1. The summed E-state index contributed by atoms with van der Waals surface area (Å²) in [7, 11) is 0. The molecule has 18 heavy (non-hydrogen) atoms. The highest BCUT2D eigenvalue weighted by Gasteiger charge is 2.31. The Labute approximate surface area is 110 Å². The van der Waals surface area contributed by atoms with Crippen molar-refractivity contribution in [2.45, 2.75) is 51.1 Å². The van der Waals surface area contributed by atoms with Gasteiger partial charge >= 0.3 is 0 Å². The highest BCUT2D eigenvalue weighted by Crippen LogP contribution is 2.22. The second-order valence-corrected chi connectivity index (χ2v) is 5.64. The molecule has 2 aliphatic heterocycles. The maximum Gasteiger partial charge on any atom is 0.233 e. The molecule has 2 rings (SSSR count). The van der Waals surface area contributed by atoms with E-state index in [1.165, 1.54) is 45.4 Å². The predicted molar refractivity (Wildman–Crippen MR) is 71.8 cm³/mol. The highest BCUT2D eigenvalue weighted by atomic mass is 16.2. The minimum atomic E-state index is -0.0582. The first kappa shape index (κ1) is 13.8. The van der Waals surface area contributed by atoms with E-state index in [4.69, 9.17) is 5.84 Å². The van der Waals surface area contributed by atoms with E-state index in [9.17, 15) is 4.79 Å². The smallest absolute Gasteiger partial charge is 0.233 e. The van der Waals surface area contributed by atoms with Crippen LogP contribution in [0.25, 0.3) is 0 Å². The lowest BCUT2D eigenvalue weighted by molar-refractivity contribution is -0.121. The summed E-state index contributed by atoms with van der Waals surface area (Å²) in [6, 6.07) is 1.23. The molecule has 0 radical (unpaired) electrons. The number of amides is 1. The van der Waals surface area contributed by atoms with E-state index in [-0.39, 0.29) is 5.91 Å². The monoisotopic (exact) mass is 254 g/mol. The van der Waals surface area contributed by atoms with E-state index in [2.05, 4.69) is 22.1 Å². The van der Waals surface area contributed by atoms with E-state index in [0.717, 1.165) is 12.5 Å². The normalized spacial score (nSPS) is 27.6. The van der Waals surface area contributed by atoms with Crippen molar-refractivity contribution in [3.8, 4) is 0 Å². The fourth-order valence-electron chi connectivity index (χ4n) is 3.17. The third-order valence-corrected chi connectivity index (χ3v) is 4.43. The van der Waals surface area contributed by atoms with Crippen LogP contribution in [0.2, 0.25) is 0 Å². The van der Waals surface area contributed by atoms with Crippen molar-refractivity contribution in [2.24, 2.45) is 5.84 Å². The van der Waals surface area contributed by atoms with Gasteiger partial charge in [-0.1, -0.05) is 0 Å². The molecule has 2 fully saturated rings. The van der Waals surface area contributed by atoms with E-state index in [1.54, 1.807) is 0 Å². The van der Waals surface area contributed by atoms with Gasteiger partial charge in [0.2, 0.25) is 5.91 Å². The number of hydrogen-bond donors (Lipinski definition) is 2. The number of hydrogen-bond acceptors (Lipinski definition) is 4. The van der Waals surface area contributed by atoms with Crippen molar-refractivity contribution in [3.05, 3.63) is 0 Å². The summed E-state index contributed by atoms with van der Waals surface area (Å²) in [5.74, 6) is 5.04. The molecule has 5 heteroatoms. The molecule has 2 atom stereocenters. The lowest BCUT2D eigenvalue weighted by atomic mass is 10.1. The number of hydrazine groups is 1. The van der Waals surface area contributed by atoms with Gasteiger partial charge in [-0.3, -0.25) is 20.0 Å². The third kappa shape index (κ3) is 3.43. The molecule has 0 aliphatic carbocycles. The average Bonchev–Trinajstić information content (AvgIpc) is 3.04. The molecule has 0 saturated carbocycles. The Morgan fingerprint density at radius 2 is 2.11 bits per heavy atom. The zero-order chi connectivity index (χ0) is 13.0. The van der Waals surface area contributed by atoms with Gasteiger partial charge in [-0.05, 0) is 45.7 Å². The minimum absolute atomic E-state index is 0.0582. The molecule has 104 valence electrons. The van der Waals surface area contributed by atoms with E-state index in [0.29, 0.717) is 12.5 Å². The Kier molecular flexibility index (Phi) is 4.97. The zero-order valence-corrected chi connectivity index (χ0v) is 11.4. The van der Waals surface area contributed by atoms with Crippen LogP contribution in [-0.4, -0.2) is 54.0 Å². The van der Waals surface area contributed by atoms with Gasteiger partial charge in [0, 0.05) is 31.6 Å². The molecule has 2 heterocycles. The molecular formula is C13H26N4O. The molecule has 1 amide bonds. The summed E-state index contributed by atoms with van der Waals surface area (Å²) in [6.07, 6.45) is 5.44. The van der Waals surface area contributed by atoms with Crippen LogP contribution < -0.4 is 11.3 Å². The fourth-order valence-corrected chi connectivity index (χ4v) is 3.17. The Bertz CT molecular complexity index is 278. The van der Waals surface area contributed by atoms with Gasteiger partial charge in [-0.15, -0.1) is 0 Å². The second kappa shape index (κ2) is 6.50. The number of likely N-dealkylation sites (tertiary alicyclic amines) is 2. The van der Waals surface area contributed by atoms with Crippen LogP contribution >= 0.6 is 0 Å². The molecule has 0 spiro atoms. The van der Waals surface area contributed by atoms with Crippen molar-refractivity contribution < 1.29 is 4.79 Å². The van der Waals surface area contributed by atoms with Crippen molar-refractivity contribution in [3.63, 3.8) is 0 Å². The van der Waals surface area contributed by atoms with Gasteiger partial charge in [0.1, 0.15) is 0 Å². The molecule has 2 unspecified atom stereocenters. The zero-order valence-electron chi connectivity index (χ0n) is 11.4. The van der Waals surface area contributed by atoms with Crippen molar-refractivity contribution >= 4 is 5.91 Å². The minimum Gasteiger partial charge on any atom is -0.299 e. The topological polar surface area (TPSA) is 61.6 Å². The van der Waals surface area contributed by atoms with Crippen LogP contribution in [0, 0.1) is 0 Å². The van der Waals surface area contributed by atoms with Crippen LogP contribution in [0.1, 0.15) is 39.0 Å². The predicted octanol–water partition coefficient (Wildman–Crippen LogP) is 0.315. The molecule has 0 aromatic heterocycles. The third-order valence-electron chi connectivity index (χ3n) is 4.43. The molecule has 0 aromatic carbocycles.